The molecule has 0 atom stereocenters. The van der Waals surface area contributed by atoms with Crippen molar-refractivity contribution in [3.63, 3.8) is 0 Å². The number of amides is 1. The molecule has 1 amide bonds. The van der Waals surface area contributed by atoms with Crippen LogP contribution in [0.2, 0.25) is 5.02 Å². The first kappa shape index (κ1) is 13.4. The number of carbonyl (C=O) groups is 1. The van der Waals surface area contributed by atoms with Crippen LogP contribution in [0.3, 0.4) is 0 Å². The van der Waals surface area contributed by atoms with Crippen LogP contribution in [0, 0.1) is 0 Å². The highest BCUT2D eigenvalue weighted by Gasteiger charge is 2.13. The number of hydrogen-bond donors (Lipinski definition) is 1. The fraction of sp³-hybridized carbons (Fsp3) is 0.200. The predicted molar refractivity (Wildman–Crippen MR) is 72.9 cm³/mol. The average Bonchev–Trinajstić information content (AvgIpc) is 2.20. The van der Waals surface area contributed by atoms with Gasteiger partial charge in [0.05, 0.1) is 16.6 Å². The summed E-state index contributed by atoms with van der Waals surface area (Å²) in [7, 11) is 1.64. The van der Waals surface area contributed by atoms with Gasteiger partial charge in [-0.25, -0.2) is 0 Å². The molecule has 0 aliphatic heterocycles. The zero-order valence-corrected chi connectivity index (χ0v) is 11.7. The Morgan fingerprint density at radius 2 is 2.25 bits per heavy atom. The first-order chi connectivity index (χ1) is 7.41. The van der Waals surface area contributed by atoms with E-state index in [1.165, 1.54) is 4.90 Å². The molecule has 0 spiro atoms. The first-order valence-electron chi connectivity index (χ1n) is 4.40. The summed E-state index contributed by atoms with van der Waals surface area (Å²) < 4.78 is 0.684. The van der Waals surface area contributed by atoms with Gasteiger partial charge in [-0.2, -0.15) is 0 Å². The first-order valence-corrected chi connectivity index (χ1v) is 5.98. The Labute approximate surface area is 113 Å². The number of hydrogen-bond acceptors (Lipinski definition) is 2. The van der Waals surface area contributed by atoms with Gasteiger partial charge in [0.15, 0.2) is 0 Å². The molecule has 2 N–H and O–H groups in total. The van der Waals surface area contributed by atoms with E-state index in [2.05, 4.69) is 15.9 Å². The maximum absolute atomic E-state index is 11.9. The molecule has 0 heterocycles. The normalized spacial score (nSPS) is 9.94. The van der Waals surface area contributed by atoms with Crippen LogP contribution in [0.5, 0.6) is 0 Å². The molecular formula is C10H10BrClN2OS. The minimum atomic E-state index is -0.148. The number of nitrogens with zero attached hydrogens (tertiary/aromatic N) is 1. The second-order valence-corrected chi connectivity index (χ2v) is 5.04. The van der Waals surface area contributed by atoms with Crippen molar-refractivity contribution in [2.24, 2.45) is 5.73 Å². The number of nitrogens with two attached hydrogens (primary N) is 1. The van der Waals surface area contributed by atoms with Gasteiger partial charge in [-0.1, -0.05) is 23.8 Å². The van der Waals surface area contributed by atoms with Crippen LogP contribution in [0.15, 0.2) is 22.7 Å². The number of rotatable bonds is 3. The maximum atomic E-state index is 11.9. The summed E-state index contributed by atoms with van der Waals surface area (Å²) >= 11 is 13.8. The van der Waals surface area contributed by atoms with Crippen LogP contribution in [0.25, 0.3) is 0 Å². The lowest BCUT2D eigenvalue weighted by Crippen LogP contribution is -2.34. The second-order valence-electron chi connectivity index (χ2n) is 3.26. The van der Waals surface area contributed by atoms with Crippen molar-refractivity contribution in [1.82, 2.24) is 4.90 Å². The highest BCUT2D eigenvalue weighted by atomic mass is 79.9. The van der Waals surface area contributed by atoms with E-state index in [1.807, 2.05) is 0 Å². The molecular weight excluding hydrogens is 312 g/mol. The number of halogens is 2. The zero-order valence-electron chi connectivity index (χ0n) is 8.54. The minimum Gasteiger partial charge on any atom is -0.392 e. The molecule has 86 valence electrons. The summed E-state index contributed by atoms with van der Waals surface area (Å²) in [6.07, 6.45) is 0. The van der Waals surface area contributed by atoms with Crippen molar-refractivity contribution in [2.75, 3.05) is 13.6 Å². The van der Waals surface area contributed by atoms with Crippen molar-refractivity contribution in [2.45, 2.75) is 0 Å². The van der Waals surface area contributed by atoms with Gasteiger partial charge in [0.25, 0.3) is 5.91 Å². The van der Waals surface area contributed by atoms with Crippen LogP contribution < -0.4 is 5.73 Å². The molecule has 1 aromatic carbocycles. The Balaban J connectivity index is 2.88. The van der Waals surface area contributed by atoms with E-state index >= 15 is 0 Å². The van der Waals surface area contributed by atoms with Gasteiger partial charge in [0, 0.05) is 17.1 Å². The average molecular weight is 322 g/mol. The summed E-state index contributed by atoms with van der Waals surface area (Å²) in [5, 5.41) is 0.563. The number of benzene rings is 1. The fourth-order valence-electron chi connectivity index (χ4n) is 1.16. The molecule has 16 heavy (non-hydrogen) atoms. The van der Waals surface area contributed by atoms with Crippen LogP contribution in [-0.2, 0) is 0 Å². The molecule has 0 saturated carbocycles. The lowest BCUT2D eigenvalue weighted by Gasteiger charge is -2.16. The van der Waals surface area contributed by atoms with E-state index in [0.717, 1.165) is 0 Å². The van der Waals surface area contributed by atoms with E-state index in [1.54, 1.807) is 25.2 Å². The minimum absolute atomic E-state index is 0.148. The second kappa shape index (κ2) is 5.61. The third-order valence-electron chi connectivity index (χ3n) is 1.91. The van der Waals surface area contributed by atoms with Crippen molar-refractivity contribution in [3.8, 4) is 0 Å². The van der Waals surface area contributed by atoms with Gasteiger partial charge >= 0.3 is 0 Å². The fourth-order valence-corrected chi connectivity index (χ4v) is 1.85. The number of likely N-dealkylation sites (N-methyl/N-ethyl adjacent to an activating group) is 1. The van der Waals surface area contributed by atoms with Gasteiger partial charge < -0.3 is 10.6 Å². The highest BCUT2D eigenvalue weighted by molar-refractivity contribution is 9.10. The van der Waals surface area contributed by atoms with E-state index in [9.17, 15) is 4.79 Å². The van der Waals surface area contributed by atoms with Crippen molar-refractivity contribution >= 4 is 50.6 Å². The van der Waals surface area contributed by atoms with E-state index < -0.39 is 0 Å². The summed E-state index contributed by atoms with van der Waals surface area (Å²) in [6, 6.07) is 4.99. The van der Waals surface area contributed by atoms with Gasteiger partial charge in [0.2, 0.25) is 0 Å². The van der Waals surface area contributed by atoms with Crippen LogP contribution in [0.1, 0.15) is 10.4 Å². The van der Waals surface area contributed by atoms with Crippen LogP contribution in [0.4, 0.5) is 0 Å². The standard InChI is InChI=1S/C10H10BrClN2OS/c1-14(5-9(13)16)10(15)6-2-3-8(12)7(11)4-6/h2-4H,5H2,1H3,(H2,13,16). The van der Waals surface area contributed by atoms with Crippen LogP contribution >= 0.6 is 39.7 Å². The molecule has 0 radical (unpaired) electrons. The molecule has 0 aliphatic rings. The number of thiocarbonyl (C=S) groups is 1. The van der Waals surface area contributed by atoms with E-state index in [0.29, 0.717) is 15.1 Å². The quantitative estimate of drug-likeness (QED) is 0.870. The Morgan fingerprint density at radius 3 is 2.75 bits per heavy atom. The molecule has 3 nitrogen and oxygen atoms in total. The molecule has 0 fully saturated rings. The molecule has 0 aromatic heterocycles. The lowest BCUT2D eigenvalue weighted by molar-refractivity contribution is 0.0815. The Bertz CT molecular complexity index is 439. The molecule has 0 saturated heterocycles. The Morgan fingerprint density at radius 1 is 1.62 bits per heavy atom. The largest absolute Gasteiger partial charge is 0.392 e. The predicted octanol–water partition coefficient (Wildman–Crippen LogP) is 2.46. The summed E-state index contributed by atoms with van der Waals surface area (Å²) in [4.78, 5) is 13.6. The molecule has 1 aromatic rings. The lowest BCUT2D eigenvalue weighted by atomic mass is 10.2. The monoisotopic (exact) mass is 320 g/mol. The van der Waals surface area contributed by atoms with Gasteiger partial charge in [-0.3, -0.25) is 4.79 Å². The molecule has 0 unspecified atom stereocenters. The molecule has 0 aliphatic carbocycles. The van der Waals surface area contributed by atoms with Crippen molar-refractivity contribution in [1.29, 1.82) is 0 Å². The van der Waals surface area contributed by atoms with Gasteiger partial charge in [-0.05, 0) is 34.1 Å². The third kappa shape index (κ3) is 3.43. The molecule has 6 heteroatoms. The van der Waals surface area contributed by atoms with Gasteiger partial charge in [-0.15, -0.1) is 0 Å². The van der Waals surface area contributed by atoms with E-state index in [4.69, 9.17) is 29.6 Å². The van der Waals surface area contributed by atoms with E-state index in [-0.39, 0.29) is 17.4 Å². The summed E-state index contributed by atoms with van der Waals surface area (Å²) in [5.41, 5.74) is 5.91. The third-order valence-corrected chi connectivity index (χ3v) is 3.25. The Kier molecular flexibility index (Phi) is 4.70. The van der Waals surface area contributed by atoms with Crippen LogP contribution in [-0.4, -0.2) is 29.4 Å². The summed E-state index contributed by atoms with van der Waals surface area (Å²) in [5.74, 6) is -0.148. The highest BCUT2D eigenvalue weighted by Crippen LogP contribution is 2.23. The van der Waals surface area contributed by atoms with Crippen molar-refractivity contribution < 1.29 is 4.79 Å². The Hall–Kier alpha value is -0.650. The maximum Gasteiger partial charge on any atom is 0.254 e. The smallest absolute Gasteiger partial charge is 0.254 e. The van der Waals surface area contributed by atoms with Gasteiger partial charge in [0.1, 0.15) is 0 Å². The van der Waals surface area contributed by atoms with Crippen molar-refractivity contribution in [3.05, 3.63) is 33.3 Å². The molecule has 1 rings (SSSR count). The number of carbonyl (C=O) groups excluding carboxylic acids is 1. The summed E-state index contributed by atoms with van der Waals surface area (Å²) in [6.45, 7) is 0.258. The SMILES string of the molecule is CN(CC(N)=S)C(=O)c1ccc(Cl)c(Br)c1. The topological polar surface area (TPSA) is 46.3 Å². The molecule has 0 bridgehead atoms. The zero-order chi connectivity index (χ0) is 12.3.